The van der Waals surface area contributed by atoms with Crippen molar-refractivity contribution in [1.29, 1.82) is 0 Å². The first-order valence-corrected chi connectivity index (χ1v) is 7.26. The number of rotatable bonds is 5. The van der Waals surface area contributed by atoms with E-state index >= 15 is 0 Å². The molecule has 0 aliphatic carbocycles. The average Bonchev–Trinajstić information content (AvgIpc) is 2.28. The summed E-state index contributed by atoms with van der Waals surface area (Å²) in [7, 11) is -3.83. The molecular formula is C12H15NO5S. The van der Waals surface area contributed by atoms with E-state index < -0.39 is 27.5 Å². The minimum absolute atomic E-state index is 0.0861. The van der Waals surface area contributed by atoms with Gasteiger partial charge in [-0.15, -0.1) is 0 Å². The van der Waals surface area contributed by atoms with Crippen LogP contribution in [0.3, 0.4) is 0 Å². The molecule has 1 aromatic rings. The van der Waals surface area contributed by atoms with Crippen molar-refractivity contribution in [2.75, 3.05) is 12.3 Å². The van der Waals surface area contributed by atoms with E-state index in [9.17, 15) is 18.0 Å². The Morgan fingerprint density at radius 2 is 1.95 bits per heavy atom. The van der Waals surface area contributed by atoms with Gasteiger partial charge in [-0.1, -0.05) is 6.07 Å². The third-order valence-corrected chi connectivity index (χ3v) is 4.11. The third kappa shape index (κ3) is 3.78. The lowest BCUT2D eigenvalue weighted by Crippen LogP contribution is -2.30. The molecule has 0 unspecified atom stereocenters. The van der Waals surface area contributed by atoms with E-state index in [1.807, 2.05) is 0 Å². The highest BCUT2D eigenvalue weighted by atomic mass is 32.2. The van der Waals surface area contributed by atoms with Gasteiger partial charge in [0, 0.05) is 6.54 Å². The van der Waals surface area contributed by atoms with Crippen molar-refractivity contribution >= 4 is 21.7 Å². The molecule has 0 radical (unpaired) electrons. The van der Waals surface area contributed by atoms with Crippen LogP contribution in [0.1, 0.15) is 22.8 Å². The number of carboxylic acid groups (broad SMARTS) is 1. The minimum atomic E-state index is -3.83. The maximum absolute atomic E-state index is 11.9. The fourth-order valence-electron chi connectivity index (χ4n) is 1.53. The van der Waals surface area contributed by atoms with Crippen LogP contribution in [0.2, 0.25) is 0 Å². The quantitative estimate of drug-likeness (QED) is 0.825. The highest BCUT2D eigenvalue weighted by Gasteiger charge is 2.21. The second kappa shape index (κ2) is 5.83. The fourth-order valence-corrected chi connectivity index (χ4v) is 2.72. The van der Waals surface area contributed by atoms with Crippen LogP contribution in [-0.4, -0.2) is 37.7 Å². The molecule has 0 aliphatic rings. The normalized spacial score (nSPS) is 11.1. The van der Waals surface area contributed by atoms with E-state index in [1.165, 1.54) is 12.1 Å². The van der Waals surface area contributed by atoms with Crippen LogP contribution in [0.25, 0.3) is 0 Å². The van der Waals surface area contributed by atoms with Gasteiger partial charge in [-0.05, 0) is 31.5 Å². The van der Waals surface area contributed by atoms with Gasteiger partial charge < -0.3 is 10.4 Å². The molecular weight excluding hydrogens is 270 g/mol. The first-order valence-electron chi connectivity index (χ1n) is 5.61. The molecule has 2 N–H and O–H groups in total. The topological polar surface area (TPSA) is 101 Å². The van der Waals surface area contributed by atoms with Crippen LogP contribution in [0.15, 0.2) is 23.1 Å². The summed E-state index contributed by atoms with van der Waals surface area (Å²) in [5.74, 6) is -2.50. The van der Waals surface area contributed by atoms with E-state index in [2.05, 4.69) is 5.32 Å². The molecule has 7 heteroatoms. The van der Waals surface area contributed by atoms with Crippen molar-refractivity contribution in [2.24, 2.45) is 0 Å². The Morgan fingerprint density at radius 1 is 1.32 bits per heavy atom. The molecule has 1 rings (SSSR count). The number of hydrogen-bond acceptors (Lipinski definition) is 4. The van der Waals surface area contributed by atoms with Gasteiger partial charge in [0.25, 0.3) is 0 Å². The van der Waals surface area contributed by atoms with E-state index in [-0.39, 0.29) is 10.5 Å². The van der Waals surface area contributed by atoms with Crippen molar-refractivity contribution in [3.63, 3.8) is 0 Å². The Hall–Kier alpha value is -1.89. The molecule has 0 bridgehead atoms. The van der Waals surface area contributed by atoms with Gasteiger partial charge in [-0.3, -0.25) is 4.79 Å². The van der Waals surface area contributed by atoms with Gasteiger partial charge in [0.05, 0.1) is 10.5 Å². The van der Waals surface area contributed by atoms with Crippen LogP contribution in [0, 0.1) is 6.92 Å². The molecule has 0 fully saturated rings. The van der Waals surface area contributed by atoms with Gasteiger partial charge in [-0.2, -0.15) is 0 Å². The van der Waals surface area contributed by atoms with E-state index in [0.717, 1.165) is 6.07 Å². The molecule has 0 aromatic heterocycles. The van der Waals surface area contributed by atoms with E-state index in [0.29, 0.717) is 12.1 Å². The van der Waals surface area contributed by atoms with Crippen LogP contribution in [-0.2, 0) is 14.6 Å². The number of amides is 1. The summed E-state index contributed by atoms with van der Waals surface area (Å²) in [5, 5.41) is 11.3. The van der Waals surface area contributed by atoms with Crippen molar-refractivity contribution in [1.82, 2.24) is 5.32 Å². The zero-order chi connectivity index (χ0) is 14.6. The maximum atomic E-state index is 11.9. The number of hydrogen-bond donors (Lipinski definition) is 2. The number of aromatic carboxylic acids is 1. The Balaban J connectivity index is 3.12. The molecule has 104 valence electrons. The monoisotopic (exact) mass is 285 g/mol. The standard InChI is InChI=1S/C12H15NO5S/c1-3-13-11(14)7-19(17,18)9-5-4-8(2)10(6-9)12(15)16/h4-6H,3,7H2,1-2H3,(H,13,14)(H,15,16). The molecule has 19 heavy (non-hydrogen) atoms. The first kappa shape index (κ1) is 15.2. The van der Waals surface area contributed by atoms with Gasteiger partial charge in [0.2, 0.25) is 5.91 Å². The molecule has 0 atom stereocenters. The summed E-state index contributed by atoms with van der Waals surface area (Å²) in [5.41, 5.74) is 0.376. The number of benzene rings is 1. The Bertz CT molecular complexity index is 607. The summed E-state index contributed by atoms with van der Waals surface area (Å²) in [4.78, 5) is 22.1. The first-order chi connectivity index (χ1) is 8.77. The van der Waals surface area contributed by atoms with E-state index in [1.54, 1.807) is 13.8 Å². The molecule has 1 aromatic carbocycles. The zero-order valence-electron chi connectivity index (χ0n) is 10.6. The minimum Gasteiger partial charge on any atom is -0.478 e. The van der Waals surface area contributed by atoms with Gasteiger partial charge in [0.1, 0.15) is 5.75 Å². The van der Waals surface area contributed by atoms with Crippen molar-refractivity contribution in [2.45, 2.75) is 18.7 Å². The second-order valence-electron chi connectivity index (χ2n) is 3.99. The maximum Gasteiger partial charge on any atom is 0.335 e. The fraction of sp³-hybridized carbons (Fsp3) is 0.333. The Morgan fingerprint density at radius 3 is 2.47 bits per heavy atom. The SMILES string of the molecule is CCNC(=O)CS(=O)(=O)c1ccc(C)c(C(=O)O)c1. The lowest BCUT2D eigenvalue weighted by atomic mass is 10.1. The average molecular weight is 285 g/mol. The lowest BCUT2D eigenvalue weighted by Gasteiger charge is -2.07. The number of sulfone groups is 1. The number of carbonyl (C=O) groups is 2. The van der Waals surface area contributed by atoms with Gasteiger partial charge in [-0.25, -0.2) is 13.2 Å². The highest BCUT2D eigenvalue weighted by molar-refractivity contribution is 7.92. The van der Waals surface area contributed by atoms with Crippen LogP contribution in [0.5, 0.6) is 0 Å². The number of nitrogens with one attached hydrogen (secondary N) is 1. The number of carboxylic acids is 1. The van der Waals surface area contributed by atoms with Crippen molar-refractivity contribution in [3.8, 4) is 0 Å². The highest BCUT2D eigenvalue weighted by Crippen LogP contribution is 2.17. The predicted molar refractivity (Wildman–Crippen MR) is 68.9 cm³/mol. The molecule has 1 amide bonds. The van der Waals surface area contributed by atoms with Gasteiger partial charge in [0.15, 0.2) is 9.84 Å². The van der Waals surface area contributed by atoms with Crippen LogP contribution < -0.4 is 5.32 Å². The summed E-state index contributed by atoms with van der Waals surface area (Å²) in [6.45, 7) is 3.59. The van der Waals surface area contributed by atoms with Crippen LogP contribution in [0.4, 0.5) is 0 Å². The van der Waals surface area contributed by atoms with Crippen molar-refractivity contribution in [3.05, 3.63) is 29.3 Å². The molecule has 0 spiro atoms. The molecule has 0 heterocycles. The lowest BCUT2D eigenvalue weighted by molar-refractivity contribution is -0.118. The van der Waals surface area contributed by atoms with E-state index in [4.69, 9.17) is 5.11 Å². The molecule has 6 nitrogen and oxygen atoms in total. The Labute approximate surface area is 111 Å². The summed E-state index contributed by atoms with van der Waals surface area (Å²) in [6, 6.07) is 3.79. The number of aryl methyl sites for hydroxylation is 1. The summed E-state index contributed by atoms with van der Waals surface area (Å²) >= 11 is 0. The smallest absolute Gasteiger partial charge is 0.335 e. The predicted octanol–water partition coefficient (Wildman–Crippen LogP) is 0.603. The third-order valence-electron chi connectivity index (χ3n) is 2.49. The van der Waals surface area contributed by atoms with Gasteiger partial charge >= 0.3 is 5.97 Å². The number of carbonyl (C=O) groups excluding carboxylic acids is 1. The Kier molecular flexibility index (Phi) is 4.66. The zero-order valence-corrected chi connectivity index (χ0v) is 11.5. The molecule has 0 saturated carbocycles. The summed E-state index contributed by atoms with van der Waals surface area (Å²) in [6.07, 6.45) is 0. The molecule has 0 aliphatic heterocycles. The van der Waals surface area contributed by atoms with Crippen molar-refractivity contribution < 1.29 is 23.1 Å². The van der Waals surface area contributed by atoms with Crippen LogP contribution >= 0.6 is 0 Å². The second-order valence-corrected chi connectivity index (χ2v) is 5.98. The largest absolute Gasteiger partial charge is 0.478 e. The summed E-state index contributed by atoms with van der Waals surface area (Å²) < 4.78 is 23.9. The molecule has 0 saturated heterocycles.